The Bertz CT molecular complexity index is 531. The lowest BCUT2D eigenvalue weighted by atomic mass is 10.2. The quantitative estimate of drug-likeness (QED) is 0.622. The highest BCUT2D eigenvalue weighted by atomic mass is 16.6. The van der Waals surface area contributed by atoms with Crippen molar-refractivity contribution in [3.05, 3.63) is 60.3 Å². The first kappa shape index (κ1) is 11.9. The van der Waals surface area contributed by atoms with Crippen LogP contribution in [0, 0.1) is 0 Å². The molecule has 3 rings (SSSR count). The molecule has 0 unspecified atom stereocenters. The average molecular weight is 243 g/mol. The van der Waals surface area contributed by atoms with Gasteiger partial charge in [-0.3, -0.25) is 0 Å². The van der Waals surface area contributed by atoms with Crippen molar-refractivity contribution in [3.8, 4) is 17.2 Å². The first-order valence-electron chi connectivity index (χ1n) is 5.42. The van der Waals surface area contributed by atoms with Crippen molar-refractivity contribution in [1.82, 2.24) is 5.48 Å². The molecule has 2 aromatic rings. The van der Waals surface area contributed by atoms with Gasteiger partial charge in [-0.2, -0.15) is 0 Å². The Morgan fingerprint density at radius 1 is 0.833 bits per heavy atom. The fraction of sp³-hybridized carbons (Fsp3) is 0. The van der Waals surface area contributed by atoms with Crippen LogP contribution in [0.15, 0.2) is 54.7 Å². The summed E-state index contributed by atoms with van der Waals surface area (Å²) in [6.07, 6.45) is 3.74. The Morgan fingerprint density at radius 2 is 1.44 bits per heavy atom. The molecule has 0 aromatic heterocycles. The van der Waals surface area contributed by atoms with E-state index in [2.05, 4.69) is 5.48 Å². The number of phenols is 2. The zero-order valence-electron chi connectivity index (χ0n) is 9.58. The van der Waals surface area contributed by atoms with E-state index in [1.807, 2.05) is 30.3 Å². The Balaban J connectivity index is 0.000000138. The summed E-state index contributed by atoms with van der Waals surface area (Å²) >= 11 is 0. The number of nitrogens with one attached hydrogen (secondary N) is 1. The van der Waals surface area contributed by atoms with E-state index in [1.165, 1.54) is 12.1 Å². The predicted molar refractivity (Wildman–Crippen MR) is 69.0 cm³/mol. The van der Waals surface area contributed by atoms with Crippen molar-refractivity contribution in [2.45, 2.75) is 0 Å². The fourth-order valence-corrected chi connectivity index (χ4v) is 1.40. The van der Waals surface area contributed by atoms with Gasteiger partial charge in [0.15, 0.2) is 17.2 Å². The number of hydrogen-bond acceptors (Lipinski definition) is 4. The molecule has 1 aliphatic rings. The summed E-state index contributed by atoms with van der Waals surface area (Å²) in [6, 6.07) is 14.0. The number of para-hydroxylation sites is 3. The predicted octanol–water partition coefficient (Wildman–Crippen LogP) is 2.65. The molecule has 4 heteroatoms. The minimum atomic E-state index is -0.0764. The van der Waals surface area contributed by atoms with Gasteiger partial charge in [0.25, 0.3) is 0 Å². The van der Waals surface area contributed by atoms with Gasteiger partial charge in [-0.1, -0.05) is 30.3 Å². The molecule has 92 valence electrons. The maximum atomic E-state index is 8.67. The molecular formula is C14H13NO3. The van der Waals surface area contributed by atoms with Gasteiger partial charge in [0.2, 0.25) is 0 Å². The van der Waals surface area contributed by atoms with Gasteiger partial charge >= 0.3 is 0 Å². The Labute approximate surface area is 105 Å². The van der Waals surface area contributed by atoms with Gasteiger partial charge in [0, 0.05) is 11.8 Å². The van der Waals surface area contributed by atoms with Gasteiger partial charge in [-0.15, -0.1) is 0 Å². The second-order valence-corrected chi connectivity index (χ2v) is 3.58. The van der Waals surface area contributed by atoms with Crippen LogP contribution in [-0.2, 0) is 0 Å². The number of hydrogen-bond donors (Lipinski definition) is 3. The minimum absolute atomic E-state index is 0.0764. The molecule has 4 nitrogen and oxygen atoms in total. The van der Waals surface area contributed by atoms with Gasteiger partial charge in [0.05, 0.1) is 0 Å². The van der Waals surface area contributed by atoms with Crippen LogP contribution in [0.5, 0.6) is 17.2 Å². The molecule has 0 bridgehead atoms. The third-order valence-electron chi connectivity index (χ3n) is 2.30. The standard InChI is InChI=1S/C8H7NO.C6H6O2/c1-2-4-8-7(3-1)5-6-9-10-8;7-5-3-1-2-4-6(5)8/h1-6,9H;1-4,7-8H. The third kappa shape index (κ3) is 2.95. The van der Waals surface area contributed by atoms with E-state index in [0.29, 0.717) is 0 Å². The van der Waals surface area contributed by atoms with Crippen LogP contribution in [0.4, 0.5) is 0 Å². The second-order valence-electron chi connectivity index (χ2n) is 3.58. The van der Waals surface area contributed by atoms with E-state index < -0.39 is 0 Å². The smallest absolute Gasteiger partial charge is 0.162 e. The molecule has 1 heterocycles. The largest absolute Gasteiger partial charge is 0.504 e. The second kappa shape index (κ2) is 5.63. The van der Waals surface area contributed by atoms with E-state index in [-0.39, 0.29) is 11.5 Å². The van der Waals surface area contributed by atoms with E-state index in [4.69, 9.17) is 15.1 Å². The average Bonchev–Trinajstić information content (AvgIpc) is 2.43. The maximum absolute atomic E-state index is 8.67. The Morgan fingerprint density at radius 3 is 2.06 bits per heavy atom. The molecule has 0 spiro atoms. The van der Waals surface area contributed by atoms with Crippen LogP contribution in [0.2, 0.25) is 0 Å². The molecule has 2 aromatic carbocycles. The summed E-state index contributed by atoms with van der Waals surface area (Å²) in [5.74, 6) is 0.727. The lowest BCUT2D eigenvalue weighted by Crippen LogP contribution is -2.13. The molecule has 18 heavy (non-hydrogen) atoms. The molecule has 0 saturated heterocycles. The first-order valence-corrected chi connectivity index (χ1v) is 5.42. The van der Waals surface area contributed by atoms with Crippen molar-refractivity contribution in [1.29, 1.82) is 0 Å². The summed E-state index contributed by atoms with van der Waals surface area (Å²) in [4.78, 5) is 5.09. The molecule has 0 saturated carbocycles. The third-order valence-corrected chi connectivity index (χ3v) is 2.30. The summed E-state index contributed by atoms with van der Waals surface area (Å²) in [5, 5.41) is 17.3. The van der Waals surface area contributed by atoms with E-state index in [0.717, 1.165) is 11.3 Å². The van der Waals surface area contributed by atoms with Crippen molar-refractivity contribution >= 4 is 6.08 Å². The van der Waals surface area contributed by atoms with Crippen LogP contribution < -0.4 is 10.3 Å². The van der Waals surface area contributed by atoms with E-state index >= 15 is 0 Å². The van der Waals surface area contributed by atoms with Gasteiger partial charge in [-0.05, 0) is 24.3 Å². The molecule has 0 atom stereocenters. The van der Waals surface area contributed by atoms with Crippen LogP contribution in [0.1, 0.15) is 5.56 Å². The first-order chi connectivity index (χ1) is 8.77. The van der Waals surface area contributed by atoms with Crippen molar-refractivity contribution in [3.63, 3.8) is 0 Å². The summed E-state index contributed by atoms with van der Waals surface area (Å²) in [6.45, 7) is 0. The topological polar surface area (TPSA) is 61.7 Å². The maximum Gasteiger partial charge on any atom is 0.162 e. The fourth-order valence-electron chi connectivity index (χ4n) is 1.40. The summed E-state index contributed by atoms with van der Waals surface area (Å²) < 4.78 is 0. The SMILES string of the molecule is C1=Cc2ccccc2ON1.Oc1ccccc1O. The lowest BCUT2D eigenvalue weighted by Gasteiger charge is -2.11. The highest BCUT2D eigenvalue weighted by Gasteiger charge is 2.01. The molecule has 0 fully saturated rings. The molecular weight excluding hydrogens is 230 g/mol. The van der Waals surface area contributed by atoms with E-state index in [1.54, 1.807) is 18.3 Å². The molecule has 0 radical (unpaired) electrons. The van der Waals surface area contributed by atoms with Crippen molar-refractivity contribution < 1.29 is 15.1 Å². The number of phenolic OH excluding ortho intramolecular Hbond substituents is 2. The van der Waals surface area contributed by atoms with E-state index in [9.17, 15) is 0 Å². The molecule has 0 aliphatic carbocycles. The normalized spacial score (nSPS) is 11.3. The van der Waals surface area contributed by atoms with Crippen LogP contribution >= 0.6 is 0 Å². The zero-order chi connectivity index (χ0) is 12.8. The molecule has 1 aliphatic heterocycles. The minimum Gasteiger partial charge on any atom is -0.504 e. The van der Waals surface area contributed by atoms with Gasteiger partial charge in [0.1, 0.15) is 0 Å². The number of rotatable bonds is 0. The number of hydroxylamine groups is 1. The lowest BCUT2D eigenvalue weighted by molar-refractivity contribution is 0.239. The van der Waals surface area contributed by atoms with Crippen LogP contribution in [-0.4, -0.2) is 10.2 Å². The molecule has 0 amide bonds. The van der Waals surface area contributed by atoms with Gasteiger partial charge in [-0.25, -0.2) is 5.48 Å². The number of aromatic hydroxyl groups is 2. The zero-order valence-corrected chi connectivity index (χ0v) is 9.58. The number of fused-ring (bicyclic) bond motifs is 1. The highest BCUT2D eigenvalue weighted by molar-refractivity contribution is 5.57. The number of benzene rings is 2. The monoisotopic (exact) mass is 243 g/mol. The molecule has 3 N–H and O–H groups in total. The van der Waals surface area contributed by atoms with Crippen molar-refractivity contribution in [2.75, 3.05) is 0 Å². The van der Waals surface area contributed by atoms with Gasteiger partial charge < -0.3 is 15.1 Å². The Kier molecular flexibility index (Phi) is 3.71. The summed E-state index contributed by atoms with van der Waals surface area (Å²) in [5.41, 5.74) is 3.77. The highest BCUT2D eigenvalue weighted by Crippen LogP contribution is 2.21. The van der Waals surface area contributed by atoms with Crippen molar-refractivity contribution in [2.24, 2.45) is 0 Å². The van der Waals surface area contributed by atoms with Crippen LogP contribution in [0.25, 0.3) is 6.08 Å². The van der Waals surface area contributed by atoms with Crippen LogP contribution in [0.3, 0.4) is 0 Å². The summed E-state index contributed by atoms with van der Waals surface area (Å²) in [7, 11) is 0. The Hall–Kier alpha value is -2.62.